The van der Waals surface area contributed by atoms with Gasteiger partial charge in [0, 0.05) is 9.26 Å². The minimum atomic E-state index is -0.443. The minimum absolute atomic E-state index is 0.304. The highest BCUT2D eigenvalue weighted by Gasteiger charge is 2.36. The van der Waals surface area contributed by atoms with E-state index in [1.54, 1.807) is 6.08 Å². The second-order valence-electron chi connectivity index (χ2n) is 6.64. The number of nitrogens with zero attached hydrogens (tertiary/aromatic N) is 1. The number of rotatable bonds is 4. The number of imide groups is 1. The maximum absolute atomic E-state index is 12.6. The number of halogens is 1. The monoisotopic (exact) mass is 506 g/mol. The van der Waals surface area contributed by atoms with E-state index in [9.17, 15) is 14.4 Å². The summed E-state index contributed by atoms with van der Waals surface area (Å²) in [4.78, 5) is 38.6. The Labute approximate surface area is 181 Å². The van der Waals surface area contributed by atoms with Crippen molar-refractivity contribution in [3.8, 4) is 0 Å². The Hall–Kier alpha value is -2.13. The van der Waals surface area contributed by atoms with E-state index in [0.29, 0.717) is 4.91 Å². The van der Waals surface area contributed by atoms with Crippen LogP contribution < -0.4 is 5.32 Å². The first-order valence-electron chi connectivity index (χ1n) is 8.63. The Bertz CT molecular complexity index is 976. The van der Waals surface area contributed by atoms with Gasteiger partial charge in [-0.1, -0.05) is 29.8 Å². The molecule has 0 aliphatic carbocycles. The van der Waals surface area contributed by atoms with Crippen LogP contribution in [0.15, 0.2) is 41.3 Å². The molecule has 0 bridgehead atoms. The maximum Gasteiger partial charge on any atom is 0.294 e. The number of anilines is 1. The molecular formula is C21H19IN2O3S. The second-order valence-corrected chi connectivity index (χ2v) is 8.88. The Kier molecular flexibility index (Phi) is 6.24. The molecule has 1 aliphatic rings. The predicted octanol–water partition coefficient (Wildman–Crippen LogP) is 4.89. The highest BCUT2D eigenvalue weighted by atomic mass is 127. The average Bonchev–Trinajstić information content (AvgIpc) is 2.87. The quantitative estimate of drug-likeness (QED) is 0.474. The molecule has 3 amide bonds. The van der Waals surface area contributed by atoms with E-state index in [0.717, 1.165) is 48.2 Å². The summed E-state index contributed by atoms with van der Waals surface area (Å²) in [5.41, 5.74) is 4.55. The van der Waals surface area contributed by atoms with Crippen LogP contribution in [0.25, 0.3) is 6.08 Å². The average molecular weight is 506 g/mol. The Morgan fingerprint density at radius 1 is 1.11 bits per heavy atom. The number of amides is 3. The van der Waals surface area contributed by atoms with Gasteiger partial charge in [0.1, 0.15) is 6.54 Å². The van der Waals surface area contributed by atoms with Gasteiger partial charge in [0.15, 0.2) is 0 Å². The SMILES string of the molecule is Cc1cc(C)c(NC(=O)CN2C(=O)S/C(=C\c3ccc(I)cc3)C2=O)c(C)c1. The number of carbonyl (C=O) groups excluding carboxylic acids is 3. The number of aryl methyl sites for hydroxylation is 3. The van der Waals surface area contributed by atoms with Gasteiger partial charge in [-0.25, -0.2) is 0 Å². The summed E-state index contributed by atoms with van der Waals surface area (Å²) >= 11 is 3.05. The largest absolute Gasteiger partial charge is 0.324 e. The first-order chi connectivity index (χ1) is 13.2. The van der Waals surface area contributed by atoms with E-state index in [1.165, 1.54) is 0 Å². The van der Waals surface area contributed by atoms with Crippen LogP contribution >= 0.6 is 34.4 Å². The van der Waals surface area contributed by atoms with Crippen molar-refractivity contribution < 1.29 is 14.4 Å². The molecule has 5 nitrogen and oxygen atoms in total. The number of hydrogen-bond acceptors (Lipinski definition) is 4. The molecule has 144 valence electrons. The highest BCUT2D eigenvalue weighted by molar-refractivity contribution is 14.1. The Morgan fingerprint density at radius 3 is 2.32 bits per heavy atom. The molecule has 0 unspecified atom stereocenters. The number of carbonyl (C=O) groups is 3. The number of nitrogens with one attached hydrogen (secondary N) is 1. The van der Waals surface area contributed by atoms with Crippen LogP contribution in [0.1, 0.15) is 22.3 Å². The molecule has 2 aromatic rings. The van der Waals surface area contributed by atoms with E-state index in [2.05, 4.69) is 27.9 Å². The Morgan fingerprint density at radius 2 is 1.71 bits per heavy atom. The fraction of sp³-hybridized carbons (Fsp3) is 0.190. The lowest BCUT2D eigenvalue weighted by Gasteiger charge is -2.15. The van der Waals surface area contributed by atoms with Crippen LogP contribution in [0.2, 0.25) is 0 Å². The van der Waals surface area contributed by atoms with Crippen LogP contribution in [0.5, 0.6) is 0 Å². The first kappa shape index (κ1) is 20.6. The summed E-state index contributed by atoms with van der Waals surface area (Å²) in [6, 6.07) is 11.6. The number of benzene rings is 2. The molecule has 28 heavy (non-hydrogen) atoms. The third-order valence-corrected chi connectivity index (χ3v) is 5.91. The van der Waals surface area contributed by atoms with Gasteiger partial charge in [0.05, 0.1) is 4.91 Å². The molecular weight excluding hydrogens is 487 g/mol. The molecule has 1 fully saturated rings. The molecule has 0 spiro atoms. The van der Waals surface area contributed by atoms with Crippen molar-refractivity contribution in [2.45, 2.75) is 20.8 Å². The zero-order chi connectivity index (χ0) is 20.4. The lowest BCUT2D eigenvalue weighted by molar-refractivity contribution is -0.127. The van der Waals surface area contributed by atoms with Crippen molar-refractivity contribution in [2.75, 3.05) is 11.9 Å². The van der Waals surface area contributed by atoms with Crippen molar-refractivity contribution >= 4 is 63.2 Å². The van der Waals surface area contributed by atoms with E-state index in [4.69, 9.17) is 0 Å². The molecule has 1 saturated heterocycles. The number of thioether (sulfide) groups is 1. The molecule has 0 saturated carbocycles. The molecule has 1 heterocycles. The summed E-state index contributed by atoms with van der Waals surface area (Å²) in [7, 11) is 0. The van der Waals surface area contributed by atoms with Gasteiger partial charge in [-0.05, 0) is 90.0 Å². The van der Waals surface area contributed by atoms with E-state index < -0.39 is 17.1 Å². The molecule has 2 aromatic carbocycles. The van der Waals surface area contributed by atoms with Crippen LogP contribution in [0.4, 0.5) is 10.5 Å². The fourth-order valence-electron chi connectivity index (χ4n) is 3.05. The summed E-state index contributed by atoms with van der Waals surface area (Å²) < 4.78 is 1.08. The van der Waals surface area contributed by atoms with Gasteiger partial charge in [0.25, 0.3) is 11.1 Å². The van der Waals surface area contributed by atoms with Crippen LogP contribution in [-0.2, 0) is 9.59 Å². The van der Waals surface area contributed by atoms with Gasteiger partial charge in [-0.3, -0.25) is 19.3 Å². The smallest absolute Gasteiger partial charge is 0.294 e. The van der Waals surface area contributed by atoms with Gasteiger partial charge in [-0.2, -0.15) is 0 Å². The fourth-order valence-corrected chi connectivity index (χ4v) is 4.24. The van der Waals surface area contributed by atoms with Gasteiger partial charge >= 0.3 is 0 Å². The summed E-state index contributed by atoms with van der Waals surface area (Å²) in [6.07, 6.45) is 1.67. The van der Waals surface area contributed by atoms with E-state index >= 15 is 0 Å². The highest BCUT2D eigenvalue weighted by Crippen LogP contribution is 2.32. The van der Waals surface area contributed by atoms with Gasteiger partial charge < -0.3 is 5.32 Å². The predicted molar refractivity (Wildman–Crippen MR) is 121 cm³/mol. The summed E-state index contributed by atoms with van der Waals surface area (Å²) in [5, 5.41) is 2.39. The standard InChI is InChI=1S/C21H19IN2O3S/c1-12-8-13(2)19(14(3)9-12)23-18(25)11-24-20(26)17(28-21(24)27)10-15-4-6-16(22)7-5-15/h4-10H,11H2,1-3H3,(H,23,25)/b17-10-. The first-order valence-corrected chi connectivity index (χ1v) is 10.5. The lowest BCUT2D eigenvalue weighted by Crippen LogP contribution is -2.36. The van der Waals surface area contributed by atoms with E-state index in [1.807, 2.05) is 57.2 Å². The minimum Gasteiger partial charge on any atom is -0.324 e. The Balaban J connectivity index is 1.72. The maximum atomic E-state index is 12.6. The van der Waals surface area contributed by atoms with Crippen molar-refractivity contribution in [3.63, 3.8) is 0 Å². The lowest BCUT2D eigenvalue weighted by atomic mass is 10.1. The van der Waals surface area contributed by atoms with Crippen LogP contribution in [-0.4, -0.2) is 28.5 Å². The van der Waals surface area contributed by atoms with Crippen molar-refractivity contribution in [1.29, 1.82) is 0 Å². The molecule has 0 aromatic heterocycles. The van der Waals surface area contributed by atoms with Gasteiger partial charge in [-0.15, -0.1) is 0 Å². The van der Waals surface area contributed by atoms with Crippen molar-refractivity contribution in [3.05, 3.63) is 67.1 Å². The topological polar surface area (TPSA) is 66.5 Å². The number of hydrogen-bond donors (Lipinski definition) is 1. The van der Waals surface area contributed by atoms with Crippen molar-refractivity contribution in [1.82, 2.24) is 4.90 Å². The summed E-state index contributed by atoms with van der Waals surface area (Å²) in [6.45, 7) is 5.52. The third-order valence-electron chi connectivity index (χ3n) is 4.28. The van der Waals surface area contributed by atoms with E-state index in [-0.39, 0.29) is 6.54 Å². The molecule has 1 N–H and O–H groups in total. The molecule has 3 rings (SSSR count). The molecule has 1 aliphatic heterocycles. The van der Waals surface area contributed by atoms with Crippen LogP contribution in [0.3, 0.4) is 0 Å². The summed E-state index contributed by atoms with van der Waals surface area (Å²) in [5.74, 6) is -0.839. The normalized spacial score (nSPS) is 15.4. The molecule has 7 heteroatoms. The second kappa shape index (κ2) is 8.48. The molecule has 0 radical (unpaired) electrons. The zero-order valence-corrected chi connectivity index (χ0v) is 18.7. The van der Waals surface area contributed by atoms with Gasteiger partial charge in [0.2, 0.25) is 5.91 Å². The zero-order valence-electron chi connectivity index (χ0n) is 15.7. The molecule has 0 atom stereocenters. The van der Waals surface area contributed by atoms with Crippen molar-refractivity contribution in [2.24, 2.45) is 0 Å². The van der Waals surface area contributed by atoms with Crippen LogP contribution in [0, 0.1) is 24.3 Å². The third kappa shape index (κ3) is 4.64.